The van der Waals surface area contributed by atoms with Crippen molar-refractivity contribution >= 4 is 57.0 Å². The van der Waals surface area contributed by atoms with E-state index < -0.39 is 21.8 Å². The van der Waals surface area contributed by atoms with Crippen molar-refractivity contribution in [2.24, 2.45) is 5.14 Å². The summed E-state index contributed by atoms with van der Waals surface area (Å²) in [6, 6.07) is 38.0. The number of thioether (sulfide) groups is 1. The molecule has 0 spiro atoms. The molecule has 12 heteroatoms. The number of hydrogen-bond donors (Lipinski definition) is 4. The van der Waals surface area contributed by atoms with Gasteiger partial charge in [0.2, 0.25) is 15.9 Å². The van der Waals surface area contributed by atoms with Gasteiger partial charge < -0.3 is 20.7 Å². The van der Waals surface area contributed by atoms with E-state index in [1.807, 2.05) is 30.3 Å². The third kappa shape index (κ3) is 10.7. The molecule has 0 aliphatic carbocycles. The van der Waals surface area contributed by atoms with Crippen LogP contribution in [0.5, 0.6) is 5.75 Å². The van der Waals surface area contributed by atoms with Gasteiger partial charge in [0.05, 0.1) is 10.6 Å². The van der Waals surface area contributed by atoms with Crippen molar-refractivity contribution in [3.8, 4) is 5.75 Å². The lowest BCUT2D eigenvalue weighted by molar-refractivity contribution is -0.114. The molecule has 0 bridgehead atoms. The van der Waals surface area contributed by atoms with Gasteiger partial charge >= 0.3 is 0 Å². The predicted molar refractivity (Wildman–Crippen MR) is 191 cm³/mol. The molecule has 0 saturated carbocycles. The van der Waals surface area contributed by atoms with E-state index in [2.05, 4.69) is 16.0 Å². The number of nitrogens with one attached hydrogen (secondary N) is 3. The van der Waals surface area contributed by atoms with Gasteiger partial charge in [0, 0.05) is 21.8 Å². The number of benzene rings is 5. The molecule has 248 valence electrons. The summed E-state index contributed by atoms with van der Waals surface area (Å²) in [5, 5.41) is 13.4. The summed E-state index contributed by atoms with van der Waals surface area (Å²) < 4.78 is 28.7. The molecule has 0 saturated heterocycles. The molecule has 0 heterocycles. The third-order valence-electron chi connectivity index (χ3n) is 6.92. The molecule has 5 aromatic carbocycles. The van der Waals surface area contributed by atoms with Crippen LogP contribution < -0.4 is 25.8 Å². The summed E-state index contributed by atoms with van der Waals surface area (Å²) in [4.78, 5) is 39.6. The van der Waals surface area contributed by atoms with E-state index in [4.69, 9.17) is 9.88 Å². The number of hydrogen-bond acceptors (Lipinski definition) is 7. The van der Waals surface area contributed by atoms with Crippen LogP contribution in [0, 0.1) is 0 Å². The first-order valence-corrected chi connectivity index (χ1v) is 17.5. The number of carbonyl (C=O) groups is 3. The van der Waals surface area contributed by atoms with Gasteiger partial charge in [0.25, 0.3) is 11.8 Å². The highest BCUT2D eigenvalue weighted by molar-refractivity contribution is 8.00. The zero-order valence-corrected chi connectivity index (χ0v) is 27.7. The number of primary sulfonamides is 1. The molecule has 0 fully saturated rings. The fraction of sp³-hybridized carbons (Fsp3) is 0.0541. The van der Waals surface area contributed by atoms with Crippen LogP contribution in [0.15, 0.2) is 149 Å². The van der Waals surface area contributed by atoms with Gasteiger partial charge in [-0.05, 0) is 90.0 Å². The van der Waals surface area contributed by atoms with Crippen LogP contribution >= 0.6 is 11.8 Å². The van der Waals surface area contributed by atoms with E-state index in [-0.39, 0.29) is 22.3 Å². The highest BCUT2D eigenvalue weighted by atomic mass is 32.2. The normalized spacial score (nSPS) is 11.3. The summed E-state index contributed by atoms with van der Waals surface area (Å²) in [5.74, 6) is -0.492. The van der Waals surface area contributed by atoms with E-state index in [0.717, 1.165) is 10.5 Å². The summed E-state index contributed by atoms with van der Waals surface area (Å²) in [5.41, 5.74) is 3.08. The average Bonchev–Trinajstić information content (AvgIpc) is 3.11. The molecule has 0 aliphatic heterocycles. The van der Waals surface area contributed by atoms with E-state index in [1.54, 1.807) is 84.9 Å². The number of rotatable bonds is 13. The summed E-state index contributed by atoms with van der Waals surface area (Å²) >= 11 is 1.28. The molecule has 0 aromatic heterocycles. The van der Waals surface area contributed by atoms with Crippen molar-refractivity contribution < 1.29 is 27.5 Å². The lowest BCUT2D eigenvalue weighted by Gasteiger charge is -2.12. The standard InChI is InChI=1S/C37H32N4O6S2/c38-49(45,46)33-21-15-29(16-22-33)39-35(42)25-48-32-19-13-30(14-20-32)40-37(44)34(41-36(43)28-9-5-2-6-10-28)23-26-11-17-31(18-12-26)47-24-27-7-3-1-4-8-27/h1-23H,24-25H2,(H,39,42)(H,40,44)(H,41,43)(H2,38,45,46)/b34-23-. The molecule has 5 rings (SSSR count). The molecular weight excluding hydrogens is 661 g/mol. The predicted octanol–water partition coefficient (Wildman–Crippen LogP) is 6.05. The minimum atomic E-state index is -3.82. The van der Waals surface area contributed by atoms with Crippen LogP contribution in [0.4, 0.5) is 11.4 Å². The maximum absolute atomic E-state index is 13.4. The van der Waals surface area contributed by atoms with Crippen molar-refractivity contribution in [1.29, 1.82) is 0 Å². The molecule has 0 aliphatic rings. The molecular formula is C37H32N4O6S2. The van der Waals surface area contributed by atoms with E-state index in [1.165, 1.54) is 36.0 Å². The zero-order valence-electron chi connectivity index (χ0n) is 26.0. The van der Waals surface area contributed by atoms with Crippen molar-refractivity contribution in [2.75, 3.05) is 16.4 Å². The van der Waals surface area contributed by atoms with Gasteiger partial charge in [0.15, 0.2) is 0 Å². The van der Waals surface area contributed by atoms with Gasteiger partial charge in [-0.15, -0.1) is 11.8 Å². The highest BCUT2D eigenvalue weighted by Gasteiger charge is 2.16. The summed E-state index contributed by atoms with van der Waals surface area (Å²) in [7, 11) is -3.82. The van der Waals surface area contributed by atoms with Crippen molar-refractivity contribution in [1.82, 2.24) is 5.32 Å². The second-order valence-corrected chi connectivity index (χ2v) is 13.2. The Morgan fingerprint density at radius 3 is 1.94 bits per heavy atom. The third-order valence-corrected chi connectivity index (χ3v) is 8.86. The molecule has 0 atom stereocenters. The monoisotopic (exact) mass is 692 g/mol. The fourth-order valence-corrected chi connectivity index (χ4v) is 5.63. The Morgan fingerprint density at radius 1 is 0.714 bits per heavy atom. The Hall–Kier alpha value is -5.69. The maximum atomic E-state index is 13.4. The first-order valence-electron chi connectivity index (χ1n) is 14.9. The van der Waals surface area contributed by atoms with Gasteiger partial charge in [-0.3, -0.25) is 14.4 Å². The largest absolute Gasteiger partial charge is 0.489 e. The Morgan fingerprint density at radius 2 is 1.31 bits per heavy atom. The first kappa shape index (κ1) is 34.6. The van der Waals surface area contributed by atoms with E-state index in [0.29, 0.717) is 34.9 Å². The van der Waals surface area contributed by atoms with Crippen LogP contribution in [0.1, 0.15) is 21.5 Å². The quantitative estimate of drug-likeness (QED) is 0.0864. The molecule has 49 heavy (non-hydrogen) atoms. The molecule has 5 aromatic rings. The lowest BCUT2D eigenvalue weighted by atomic mass is 10.1. The number of sulfonamides is 1. The number of amides is 3. The van der Waals surface area contributed by atoms with E-state index >= 15 is 0 Å². The van der Waals surface area contributed by atoms with Crippen LogP contribution in [0.3, 0.4) is 0 Å². The fourth-order valence-electron chi connectivity index (χ4n) is 4.42. The molecule has 5 N–H and O–H groups in total. The molecule has 3 amide bonds. The van der Waals surface area contributed by atoms with Gasteiger partial charge in [0.1, 0.15) is 18.1 Å². The van der Waals surface area contributed by atoms with Crippen molar-refractivity contribution in [2.45, 2.75) is 16.4 Å². The van der Waals surface area contributed by atoms with E-state index in [9.17, 15) is 22.8 Å². The number of anilines is 2. The number of carbonyl (C=O) groups excluding carboxylic acids is 3. The smallest absolute Gasteiger partial charge is 0.272 e. The van der Waals surface area contributed by atoms with Gasteiger partial charge in [-0.2, -0.15) is 0 Å². The topological polar surface area (TPSA) is 157 Å². The molecule has 10 nitrogen and oxygen atoms in total. The first-order chi connectivity index (χ1) is 23.6. The molecule has 0 radical (unpaired) electrons. The van der Waals surface area contributed by atoms with Crippen LogP contribution in [0.2, 0.25) is 0 Å². The van der Waals surface area contributed by atoms with Crippen molar-refractivity contribution in [3.05, 3.63) is 156 Å². The Labute approximate surface area is 288 Å². The number of ether oxygens (including phenoxy) is 1. The number of nitrogens with two attached hydrogens (primary N) is 1. The molecule has 0 unspecified atom stereocenters. The van der Waals surface area contributed by atoms with Crippen LogP contribution in [-0.4, -0.2) is 31.9 Å². The Balaban J connectivity index is 1.21. The minimum Gasteiger partial charge on any atom is -0.489 e. The Bertz CT molecular complexity index is 2040. The summed E-state index contributed by atoms with van der Waals surface area (Å²) in [6.45, 7) is 0.418. The average molecular weight is 693 g/mol. The van der Waals surface area contributed by atoms with Crippen LogP contribution in [-0.2, 0) is 26.2 Å². The highest BCUT2D eigenvalue weighted by Crippen LogP contribution is 2.22. The second kappa shape index (κ2) is 16.4. The van der Waals surface area contributed by atoms with Gasteiger partial charge in [-0.1, -0.05) is 60.7 Å². The van der Waals surface area contributed by atoms with Crippen molar-refractivity contribution in [3.63, 3.8) is 0 Å². The van der Waals surface area contributed by atoms with Crippen LogP contribution in [0.25, 0.3) is 6.08 Å². The SMILES string of the molecule is NS(=O)(=O)c1ccc(NC(=O)CSc2ccc(NC(=O)/C(=C/c3ccc(OCc4ccccc4)cc3)NC(=O)c3ccccc3)cc2)cc1. The summed E-state index contributed by atoms with van der Waals surface area (Å²) in [6.07, 6.45) is 1.59. The lowest BCUT2D eigenvalue weighted by Crippen LogP contribution is -2.30. The Kier molecular flexibility index (Phi) is 11.6. The second-order valence-electron chi connectivity index (χ2n) is 10.6. The maximum Gasteiger partial charge on any atom is 0.272 e. The van der Waals surface area contributed by atoms with Gasteiger partial charge in [-0.25, -0.2) is 13.6 Å². The zero-order chi connectivity index (χ0) is 34.6. The minimum absolute atomic E-state index is 0.0408.